The van der Waals surface area contributed by atoms with Crippen LogP contribution >= 0.6 is 0 Å². The van der Waals surface area contributed by atoms with Crippen LogP contribution in [0.15, 0.2) is 59.7 Å². The normalized spacial score (nSPS) is 14.5. The van der Waals surface area contributed by atoms with E-state index in [4.69, 9.17) is 5.11 Å². The zero-order valence-electron chi connectivity index (χ0n) is 9.83. The number of rotatable bonds is 0. The maximum atomic E-state index is 9.16. The molecule has 0 saturated heterocycles. The van der Waals surface area contributed by atoms with Gasteiger partial charge in [0.1, 0.15) is 5.75 Å². The summed E-state index contributed by atoms with van der Waals surface area (Å²) in [5.41, 5.74) is 4.26. The molecule has 0 aromatic heterocycles. The third kappa shape index (κ3) is 2.89. The van der Waals surface area contributed by atoms with Gasteiger partial charge in [-0.15, -0.1) is 0 Å². The highest BCUT2D eigenvalue weighted by atomic mass is 16.3. The smallest absolute Gasteiger partial charge is 0.115 e. The molecule has 0 unspecified atom stereocenters. The van der Waals surface area contributed by atoms with Crippen molar-refractivity contribution in [1.82, 2.24) is 0 Å². The Morgan fingerprint density at radius 3 is 2.47 bits per heavy atom. The van der Waals surface area contributed by atoms with E-state index < -0.39 is 0 Å². The van der Waals surface area contributed by atoms with E-state index in [-0.39, 0.29) is 5.75 Å². The van der Waals surface area contributed by atoms with Crippen molar-refractivity contribution in [1.29, 1.82) is 0 Å². The van der Waals surface area contributed by atoms with Gasteiger partial charge in [-0.05, 0) is 49.3 Å². The van der Waals surface area contributed by atoms with Gasteiger partial charge in [0.25, 0.3) is 0 Å². The van der Waals surface area contributed by atoms with Crippen molar-refractivity contribution >= 4 is 0 Å². The number of allylic oxidation sites excluding steroid dienone is 5. The van der Waals surface area contributed by atoms with Crippen molar-refractivity contribution in [2.75, 3.05) is 0 Å². The summed E-state index contributed by atoms with van der Waals surface area (Å²) in [6.45, 7) is 6.11. The van der Waals surface area contributed by atoms with Crippen molar-refractivity contribution in [3.8, 4) is 17.6 Å². The van der Waals surface area contributed by atoms with Gasteiger partial charge in [-0.1, -0.05) is 30.1 Å². The Bertz CT molecular complexity index is 560. The molecule has 1 aromatic carbocycles. The molecule has 84 valence electrons. The average molecular weight is 222 g/mol. The maximum Gasteiger partial charge on any atom is 0.115 e. The largest absolute Gasteiger partial charge is 0.508 e. The van der Waals surface area contributed by atoms with Crippen molar-refractivity contribution in [2.45, 2.75) is 13.3 Å². The Labute approximate surface area is 102 Å². The lowest BCUT2D eigenvalue weighted by molar-refractivity contribution is 0.475. The van der Waals surface area contributed by atoms with E-state index in [1.807, 2.05) is 6.08 Å². The molecule has 0 heterocycles. The standard InChI is InChI=1S/C16H14O/c1-12-3-7-15(13(2)11-12)8-4-14-5-9-16(17)10-6-14/h3,5-7,9-10,17H,2,11H2,1H3. The van der Waals surface area contributed by atoms with E-state index in [1.165, 1.54) is 5.57 Å². The van der Waals surface area contributed by atoms with E-state index in [2.05, 4.69) is 31.4 Å². The first-order valence-corrected chi connectivity index (χ1v) is 5.52. The number of phenolic OH excluding ortho intramolecular Hbond substituents is 1. The van der Waals surface area contributed by atoms with E-state index in [0.29, 0.717) is 0 Å². The Hall–Kier alpha value is -2.20. The summed E-state index contributed by atoms with van der Waals surface area (Å²) in [4.78, 5) is 0. The van der Waals surface area contributed by atoms with Gasteiger partial charge < -0.3 is 5.11 Å². The second kappa shape index (κ2) is 4.76. The van der Waals surface area contributed by atoms with Gasteiger partial charge in [0.2, 0.25) is 0 Å². The number of aromatic hydroxyl groups is 1. The average Bonchev–Trinajstić information content (AvgIpc) is 2.30. The summed E-state index contributed by atoms with van der Waals surface area (Å²) < 4.78 is 0. The minimum atomic E-state index is 0.260. The third-order valence-electron chi connectivity index (χ3n) is 2.62. The molecular formula is C16H14O. The molecule has 1 N–H and O–H groups in total. The fourth-order valence-corrected chi connectivity index (χ4v) is 1.65. The molecule has 2 rings (SSSR count). The Morgan fingerprint density at radius 1 is 1.12 bits per heavy atom. The molecule has 0 spiro atoms. The van der Waals surface area contributed by atoms with Gasteiger partial charge in [0, 0.05) is 11.1 Å². The maximum absolute atomic E-state index is 9.16. The Morgan fingerprint density at radius 2 is 1.82 bits per heavy atom. The molecule has 0 amide bonds. The Balaban J connectivity index is 2.22. The molecule has 0 radical (unpaired) electrons. The molecule has 1 heteroatoms. The van der Waals surface area contributed by atoms with E-state index in [9.17, 15) is 0 Å². The number of benzene rings is 1. The van der Waals surface area contributed by atoms with Crippen LogP contribution < -0.4 is 0 Å². The van der Waals surface area contributed by atoms with Gasteiger partial charge in [0.15, 0.2) is 0 Å². The number of hydrogen-bond acceptors (Lipinski definition) is 1. The fourth-order valence-electron chi connectivity index (χ4n) is 1.65. The molecule has 1 aromatic rings. The highest BCUT2D eigenvalue weighted by molar-refractivity contribution is 5.53. The molecule has 0 saturated carbocycles. The first kappa shape index (κ1) is 11.3. The molecule has 0 aliphatic heterocycles. The van der Waals surface area contributed by atoms with Crippen LogP contribution in [0.2, 0.25) is 0 Å². The lowest BCUT2D eigenvalue weighted by Gasteiger charge is -2.09. The van der Waals surface area contributed by atoms with Crippen LogP contribution in [0.5, 0.6) is 5.75 Å². The van der Waals surface area contributed by atoms with Crippen molar-refractivity contribution in [3.05, 3.63) is 65.3 Å². The molecule has 1 nitrogen and oxygen atoms in total. The van der Waals surface area contributed by atoms with Crippen LogP contribution in [0.3, 0.4) is 0 Å². The summed E-state index contributed by atoms with van der Waals surface area (Å²) in [5.74, 6) is 6.44. The summed E-state index contributed by atoms with van der Waals surface area (Å²) in [6, 6.07) is 6.88. The topological polar surface area (TPSA) is 20.2 Å². The van der Waals surface area contributed by atoms with Crippen molar-refractivity contribution in [3.63, 3.8) is 0 Å². The summed E-state index contributed by atoms with van der Waals surface area (Å²) in [6.07, 6.45) is 4.99. The van der Waals surface area contributed by atoms with Crippen LogP contribution in [0, 0.1) is 11.8 Å². The monoisotopic (exact) mass is 222 g/mol. The predicted octanol–water partition coefficient (Wildman–Crippen LogP) is 3.58. The SMILES string of the molecule is C=C1CC(C)=CC=C1C#Cc1ccc(O)cc1. The molecule has 0 bridgehead atoms. The van der Waals surface area contributed by atoms with Crippen LogP contribution in [0.4, 0.5) is 0 Å². The fraction of sp³-hybridized carbons (Fsp3) is 0.125. The van der Waals surface area contributed by atoms with Crippen molar-refractivity contribution < 1.29 is 5.11 Å². The van der Waals surface area contributed by atoms with Gasteiger partial charge in [-0.3, -0.25) is 0 Å². The first-order valence-electron chi connectivity index (χ1n) is 5.52. The zero-order valence-corrected chi connectivity index (χ0v) is 9.83. The summed E-state index contributed by atoms with van der Waals surface area (Å²) >= 11 is 0. The third-order valence-corrected chi connectivity index (χ3v) is 2.62. The predicted molar refractivity (Wildman–Crippen MR) is 70.6 cm³/mol. The van der Waals surface area contributed by atoms with Crippen LogP contribution in [0.1, 0.15) is 18.9 Å². The van der Waals surface area contributed by atoms with Gasteiger partial charge >= 0.3 is 0 Å². The van der Waals surface area contributed by atoms with Crippen molar-refractivity contribution in [2.24, 2.45) is 0 Å². The molecule has 0 atom stereocenters. The molecule has 1 aliphatic rings. The molecule has 0 fully saturated rings. The van der Waals surface area contributed by atoms with Gasteiger partial charge in [0.05, 0.1) is 0 Å². The highest BCUT2D eigenvalue weighted by Crippen LogP contribution is 2.22. The van der Waals surface area contributed by atoms with Gasteiger partial charge in [-0.25, -0.2) is 0 Å². The highest BCUT2D eigenvalue weighted by Gasteiger charge is 2.04. The van der Waals surface area contributed by atoms with Gasteiger partial charge in [-0.2, -0.15) is 0 Å². The van der Waals surface area contributed by atoms with E-state index in [0.717, 1.165) is 23.1 Å². The summed E-state index contributed by atoms with van der Waals surface area (Å²) in [5, 5.41) is 9.16. The summed E-state index contributed by atoms with van der Waals surface area (Å²) in [7, 11) is 0. The minimum absolute atomic E-state index is 0.260. The van der Waals surface area contributed by atoms with E-state index in [1.54, 1.807) is 24.3 Å². The lowest BCUT2D eigenvalue weighted by atomic mass is 9.95. The second-order valence-corrected chi connectivity index (χ2v) is 4.17. The molecular weight excluding hydrogens is 208 g/mol. The minimum Gasteiger partial charge on any atom is -0.508 e. The van der Waals surface area contributed by atoms with E-state index >= 15 is 0 Å². The number of phenols is 1. The van der Waals surface area contributed by atoms with Crippen LogP contribution in [0.25, 0.3) is 0 Å². The van der Waals surface area contributed by atoms with Crippen LogP contribution in [-0.2, 0) is 0 Å². The molecule has 1 aliphatic carbocycles. The lowest BCUT2D eigenvalue weighted by Crippen LogP contribution is -1.92. The quantitative estimate of drug-likeness (QED) is 0.665. The number of hydrogen-bond donors (Lipinski definition) is 1. The van der Waals surface area contributed by atoms with Crippen LogP contribution in [-0.4, -0.2) is 5.11 Å². The second-order valence-electron chi connectivity index (χ2n) is 4.17. The first-order chi connectivity index (χ1) is 8.15. The zero-order chi connectivity index (χ0) is 12.3. The molecule has 17 heavy (non-hydrogen) atoms. The Kier molecular flexibility index (Phi) is 3.16.